The van der Waals surface area contributed by atoms with Gasteiger partial charge in [-0.2, -0.15) is 0 Å². The molecule has 0 amide bonds. The number of likely N-dealkylation sites (tertiary alicyclic amines) is 1. The van der Waals surface area contributed by atoms with Crippen LogP contribution in [0.4, 0.5) is 0 Å². The van der Waals surface area contributed by atoms with Gasteiger partial charge < -0.3 is 5.32 Å². The van der Waals surface area contributed by atoms with E-state index in [1.54, 1.807) is 0 Å². The Bertz CT molecular complexity index is 146. The van der Waals surface area contributed by atoms with Gasteiger partial charge in [0.25, 0.3) is 0 Å². The molecule has 2 rings (SSSR count). The average molecular weight is 182 g/mol. The Kier molecular flexibility index (Phi) is 3.19. The summed E-state index contributed by atoms with van der Waals surface area (Å²) >= 11 is 0. The second-order valence-electron chi connectivity index (χ2n) is 4.31. The molecule has 1 radical (unpaired) electrons. The van der Waals surface area contributed by atoms with Crippen molar-refractivity contribution >= 4 is 0 Å². The Balaban J connectivity index is 1.79. The molecule has 2 aliphatic heterocycles. The van der Waals surface area contributed by atoms with Gasteiger partial charge in [0.15, 0.2) is 0 Å². The van der Waals surface area contributed by atoms with Crippen molar-refractivity contribution in [1.82, 2.24) is 15.5 Å². The van der Waals surface area contributed by atoms with E-state index in [1.165, 1.54) is 25.9 Å². The number of hydrogen-bond acceptors (Lipinski definition) is 2. The first kappa shape index (κ1) is 9.44. The number of rotatable bonds is 1. The SMILES string of the molecule is CC1CCN(C2CNCC[N]2)CC1. The highest BCUT2D eigenvalue weighted by atomic mass is 15.3. The molecule has 13 heavy (non-hydrogen) atoms. The Morgan fingerprint density at radius 3 is 2.69 bits per heavy atom. The summed E-state index contributed by atoms with van der Waals surface area (Å²) in [6.07, 6.45) is 3.18. The molecule has 0 aromatic carbocycles. The lowest BCUT2D eigenvalue weighted by atomic mass is 9.99. The van der Waals surface area contributed by atoms with E-state index < -0.39 is 0 Å². The normalized spacial score (nSPS) is 33.5. The third kappa shape index (κ3) is 2.42. The van der Waals surface area contributed by atoms with Crippen LogP contribution >= 0.6 is 0 Å². The largest absolute Gasteiger partial charge is 0.312 e. The molecule has 2 heterocycles. The minimum atomic E-state index is 0.473. The Labute approximate surface area is 80.9 Å². The predicted molar refractivity (Wildman–Crippen MR) is 53.6 cm³/mol. The van der Waals surface area contributed by atoms with Crippen molar-refractivity contribution in [2.45, 2.75) is 25.9 Å². The van der Waals surface area contributed by atoms with Crippen LogP contribution in [0.5, 0.6) is 0 Å². The summed E-state index contributed by atoms with van der Waals surface area (Å²) in [5, 5.41) is 8.05. The zero-order chi connectivity index (χ0) is 9.10. The quantitative estimate of drug-likeness (QED) is 0.630. The maximum Gasteiger partial charge on any atom is 0.0887 e. The maximum absolute atomic E-state index is 4.64. The van der Waals surface area contributed by atoms with Crippen molar-refractivity contribution in [3.8, 4) is 0 Å². The van der Waals surface area contributed by atoms with Gasteiger partial charge in [-0.05, 0) is 31.8 Å². The van der Waals surface area contributed by atoms with E-state index in [0.717, 1.165) is 25.6 Å². The minimum Gasteiger partial charge on any atom is -0.312 e. The molecular weight excluding hydrogens is 162 g/mol. The third-order valence-corrected chi connectivity index (χ3v) is 3.20. The molecule has 0 aromatic rings. The summed E-state index contributed by atoms with van der Waals surface area (Å²) < 4.78 is 0. The molecule has 3 nitrogen and oxygen atoms in total. The molecule has 0 bridgehead atoms. The van der Waals surface area contributed by atoms with E-state index in [4.69, 9.17) is 0 Å². The molecule has 2 aliphatic rings. The van der Waals surface area contributed by atoms with Crippen LogP contribution in [0.1, 0.15) is 19.8 Å². The second-order valence-corrected chi connectivity index (χ2v) is 4.31. The summed E-state index contributed by atoms with van der Waals surface area (Å²) in [6.45, 7) is 7.98. The standard InChI is InChI=1S/C10H20N3/c1-9-2-6-13(7-3-9)10-8-11-4-5-12-10/h9-11H,2-8H2,1H3. The summed E-state index contributed by atoms with van der Waals surface area (Å²) in [4.78, 5) is 2.53. The van der Waals surface area contributed by atoms with Gasteiger partial charge in [0.2, 0.25) is 0 Å². The molecule has 0 aliphatic carbocycles. The lowest BCUT2D eigenvalue weighted by molar-refractivity contribution is 0.102. The van der Waals surface area contributed by atoms with Gasteiger partial charge in [-0.1, -0.05) is 6.92 Å². The first-order valence-electron chi connectivity index (χ1n) is 5.47. The zero-order valence-electron chi connectivity index (χ0n) is 8.50. The van der Waals surface area contributed by atoms with Gasteiger partial charge in [0.1, 0.15) is 0 Å². The van der Waals surface area contributed by atoms with E-state index in [9.17, 15) is 0 Å². The number of piperidine rings is 1. The van der Waals surface area contributed by atoms with Crippen LogP contribution in [0, 0.1) is 5.92 Å². The molecule has 1 N–H and O–H groups in total. The fourth-order valence-corrected chi connectivity index (χ4v) is 2.16. The molecule has 0 aromatic heterocycles. The molecule has 1 unspecified atom stereocenters. The molecule has 2 saturated heterocycles. The van der Waals surface area contributed by atoms with Crippen molar-refractivity contribution in [3.63, 3.8) is 0 Å². The smallest absolute Gasteiger partial charge is 0.0887 e. The van der Waals surface area contributed by atoms with Crippen molar-refractivity contribution in [2.75, 3.05) is 32.7 Å². The van der Waals surface area contributed by atoms with Crippen LogP contribution in [0.3, 0.4) is 0 Å². The van der Waals surface area contributed by atoms with E-state index >= 15 is 0 Å². The Hall–Kier alpha value is -0.120. The third-order valence-electron chi connectivity index (χ3n) is 3.20. The van der Waals surface area contributed by atoms with Gasteiger partial charge in [-0.25, -0.2) is 5.32 Å². The van der Waals surface area contributed by atoms with E-state index in [-0.39, 0.29) is 0 Å². The van der Waals surface area contributed by atoms with E-state index in [1.807, 2.05) is 0 Å². The van der Waals surface area contributed by atoms with Crippen LogP contribution in [0.2, 0.25) is 0 Å². The fraction of sp³-hybridized carbons (Fsp3) is 1.00. The van der Waals surface area contributed by atoms with Crippen molar-refractivity contribution < 1.29 is 0 Å². The summed E-state index contributed by atoms with van der Waals surface area (Å²) in [5.74, 6) is 0.924. The van der Waals surface area contributed by atoms with Crippen LogP contribution in [-0.4, -0.2) is 43.8 Å². The lowest BCUT2D eigenvalue weighted by Gasteiger charge is -2.38. The van der Waals surface area contributed by atoms with Gasteiger partial charge in [0.05, 0.1) is 6.17 Å². The molecule has 2 fully saturated rings. The average Bonchev–Trinajstić information content (AvgIpc) is 2.20. The lowest BCUT2D eigenvalue weighted by Crippen LogP contribution is -2.55. The first-order valence-corrected chi connectivity index (χ1v) is 5.47. The molecular formula is C10H20N3. The number of piperazine rings is 1. The van der Waals surface area contributed by atoms with Gasteiger partial charge in [-0.3, -0.25) is 4.90 Å². The summed E-state index contributed by atoms with van der Waals surface area (Å²) in [6, 6.07) is 0. The second kappa shape index (κ2) is 4.40. The Morgan fingerprint density at radius 2 is 2.08 bits per heavy atom. The first-order chi connectivity index (χ1) is 6.36. The topological polar surface area (TPSA) is 29.4 Å². The monoisotopic (exact) mass is 182 g/mol. The van der Waals surface area contributed by atoms with Gasteiger partial charge in [0, 0.05) is 19.6 Å². The zero-order valence-corrected chi connectivity index (χ0v) is 8.50. The number of nitrogens with zero attached hydrogens (tertiary/aromatic N) is 2. The van der Waals surface area contributed by atoms with Crippen LogP contribution in [0.15, 0.2) is 0 Å². The predicted octanol–water partition coefficient (Wildman–Crippen LogP) is 0.252. The summed E-state index contributed by atoms with van der Waals surface area (Å²) in [5.41, 5.74) is 0. The number of nitrogens with one attached hydrogen (secondary N) is 1. The van der Waals surface area contributed by atoms with Crippen molar-refractivity contribution in [1.29, 1.82) is 0 Å². The van der Waals surface area contributed by atoms with Crippen LogP contribution in [-0.2, 0) is 0 Å². The molecule has 1 atom stereocenters. The number of hydrogen-bond donors (Lipinski definition) is 1. The molecule has 3 heteroatoms. The van der Waals surface area contributed by atoms with E-state index in [2.05, 4.69) is 22.5 Å². The van der Waals surface area contributed by atoms with Gasteiger partial charge in [-0.15, -0.1) is 0 Å². The Morgan fingerprint density at radius 1 is 1.31 bits per heavy atom. The van der Waals surface area contributed by atoms with Crippen LogP contribution in [0.25, 0.3) is 0 Å². The molecule has 0 saturated carbocycles. The highest BCUT2D eigenvalue weighted by molar-refractivity contribution is 4.79. The van der Waals surface area contributed by atoms with E-state index in [0.29, 0.717) is 6.17 Å². The highest BCUT2D eigenvalue weighted by Gasteiger charge is 2.24. The summed E-state index contributed by atoms with van der Waals surface area (Å²) in [7, 11) is 0. The fourth-order valence-electron chi connectivity index (χ4n) is 2.16. The maximum atomic E-state index is 4.64. The molecule has 75 valence electrons. The van der Waals surface area contributed by atoms with Crippen molar-refractivity contribution in [3.05, 3.63) is 0 Å². The van der Waals surface area contributed by atoms with Crippen molar-refractivity contribution in [2.24, 2.45) is 5.92 Å². The minimum absolute atomic E-state index is 0.473. The van der Waals surface area contributed by atoms with Gasteiger partial charge >= 0.3 is 0 Å². The molecule has 0 spiro atoms. The highest BCUT2D eigenvalue weighted by Crippen LogP contribution is 2.17. The van der Waals surface area contributed by atoms with Crippen LogP contribution < -0.4 is 10.6 Å².